The number of amides is 2. The molecule has 2 amide bonds. The van der Waals surface area contributed by atoms with Crippen molar-refractivity contribution in [1.82, 2.24) is 20.1 Å². The summed E-state index contributed by atoms with van der Waals surface area (Å²) in [6.07, 6.45) is 0.640. The van der Waals surface area contributed by atoms with Crippen LogP contribution < -0.4 is 15.0 Å². The van der Waals surface area contributed by atoms with Gasteiger partial charge in [0, 0.05) is 32.6 Å². The molecule has 2 heterocycles. The number of ether oxygens (including phenoxy) is 1. The Morgan fingerprint density at radius 3 is 2.55 bits per heavy atom. The number of methoxy groups -OCH3 is 1. The van der Waals surface area contributed by atoms with Crippen LogP contribution in [0, 0.1) is 0 Å². The fourth-order valence-electron chi connectivity index (χ4n) is 3.44. The monoisotopic (exact) mass is 392 g/mol. The van der Waals surface area contributed by atoms with Crippen molar-refractivity contribution in [3.63, 3.8) is 0 Å². The lowest BCUT2D eigenvalue weighted by Gasteiger charge is -2.36. The molecule has 0 spiro atoms. The van der Waals surface area contributed by atoms with Gasteiger partial charge in [0.25, 0.3) is 0 Å². The van der Waals surface area contributed by atoms with Gasteiger partial charge in [-0.05, 0) is 17.7 Å². The lowest BCUT2D eigenvalue weighted by atomic mass is 10.1. The Bertz CT molecular complexity index is 951. The van der Waals surface area contributed by atoms with Crippen LogP contribution in [0.25, 0.3) is 0 Å². The van der Waals surface area contributed by atoms with E-state index in [0.29, 0.717) is 31.3 Å². The van der Waals surface area contributed by atoms with E-state index in [9.17, 15) is 4.79 Å². The molecule has 2 aromatic carbocycles. The maximum absolute atomic E-state index is 12.6. The Labute approximate surface area is 169 Å². The normalized spacial score (nSPS) is 14.0. The number of aromatic nitrogens is 3. The van der Waals surface area contributed by atoms with E-state index in [1.54, 1.807) is 12.0 Å². The molecule has 0 bridgehead atoms. The lowest BCUT2D eigenvalue weighted by Crippen LogP contribution is -2.50. The fourth-order valence-corrected chi connectivity index (χ4v) is 3.44. The number of carbonyl (C=O) groups is 1. The Morgan fingerprint density at radius 2 is 1.79 bits per heavy atom. The van der Waals surface area contributed by atoms with Gasteiger partial charge in [-0.15, -0.1) is 5.10 Å². The molecule has 0 radical (unpaired) electrons. The van der Waals surface area contributed by atoms with Crippen LogP contribution in [0.5, 0.6) is 5.75 Å². The zero-order valence-corrected chi connectivity index (χ0v) is 16.3. The van der Waals surface area contributed by atoms with Crippen LogP contribution in [0.2, 0.25) is 0 Å². The van der Waals surface area contributed by atoms with Gasteiger partial charge in [0.1, 0.15) is 11.6 Å². The molecule has 1 aliphatic rings. The molecule has 150 valence electrons. The van der Waals surface area contributed by atoms with Gasteiger partial charge in [0.15, 0.2) is 0 Å². The van der Waals surface area contributed by atoms with Crippen molar-refractivity contribution in [1.29, 1.82) is 0 Å². The Hall–Kier alpha value is -3.55. The average Bonchev–Trinajstić information content (AvgIpc) is 3.21. The van der Waals surface area contributed by atoms with Crippen molar-refractivity contribution in [2.45, 2.75) is 6.42 Å². The van der Waals surface area contributed by atoms with Crippen molar-refractivity contribution < 1.29 is 9.53 Å². The number of benzene rings is 2. The van der Waals surface area contributed by atoms with Crippen molar-refractivity contribution in [3.05, 3.63) is 66.0 Å². The number of H-pyrrole nitrogens is 1. The highest BCUT2D eigenvalue weighted by Gasteiger charge is 2.23. The second kappa shape index (κ2) is 8.64. The minimum absolute atomic E-state index is 0.185. The standard InChI is InChI=1S/C21H24N6O2/c1-29-18-10-6-5-9-17(18)26-11-13-27(14-12-26)21(28)23-20-22-19(24-25-20)15-16-7-3-2-4-8-16/h2-10H,11-15H2,1H3,(H2,22,23,24,25,28). The molecular formula is C21H24N6O2. The molecular weight excluding hydrogens is 368 g/mol. The number of hydrogen-bond acceptors (Lipinski definition) is 5. The van der Waals surface area contributed by atoms with Crippen molar-refractivity contribution in [3.8, 4) is 5.75 Å². The zero-order chi connectivity index (χ0) is 20.1. The molecule has 8 heteroatoms. The number of nitrogens with one attached hydrogen (secondary N) is 2. The molecule has 2 N–H and O–H groups in total. The number of nitrogens with zero attached hydrogens (tertiary/aromatic N) is 4. The molecule has 1 aliphatic heterocycles. The summed E-state index contributed by atoms with van der Waals surface area (Å²) in [5.74, 6) is 1.86. The third-order valence-corrected chi connectivity index (χ3v) is 4.96. The number of urea groups is 1. The maximum atomic E-state index is 12.6. The number of piperazine rings is 1. The van der Waals surface area contributed by atoms with E-state index < -0.39 is 0 Å². The van der Waals surface area contributed by atoms with Gasteiger partial charge < -0.3 is 14.5 Å². The fraction of sp³-hybridized carbons (Fsp3) is 0.286. The predicted molar refractivity (Wildman–Crippen MR) is 111 cm³/mol. The van der Waals surface area contributed by atoms with Crippen LogP contribution in [0.4, 0.5) is 16.4 Å². The highest BCUT2D eigenvalue weighted by atomic mass is 16.5. The quantitative estimate of drug-likeness (QED) is 0.697. The molecule has 8 nitrogen and oxygen atoms in total. The van der Waals surface area contributed by atoms with Crippen LogP contribution in [-0.2, 0) is 6.42 Å². The molecule has 0 aliphatic carbocycles. The molecule has 29 heavy (non-hydrogen) atoms. The van der Waals surface area contributed by atoms with Crippen molar-refractivity contribution in [2.24, 2.45) is 0 Å². The van der Waals surface area contributed by atoms with Gasteiger partial charge in [-0.2, -0.15) is 4.98 Å². The molecule has 1 fully saturated rings. The van der Waals surface area contributed by atoms with Crippen LogP contribution in [0.3, 0.4) is 0 Å². The van der Waals surface area contributed by atoms with E-state index in [2.05, 4.69) is 25.4 Å². The summed E-state index contributed by atoms with van der Waals surface area (Å²) in [6.45, 7) is 2.71. The Kier molecular flexibility index (Phi) is 5.60. The van der Waals surface area contributed by atoms with Crippen molar-refractivity contribution in [2.75, 3.05) is 43.5 Å². The number of para-hydroxylation sites is 2. The van der Waals surface area contributed by atoms with E-state index in [-0.39, 0.29) is 6.03 Å². The van der Waals surface area contributed by atoms with E-state index in [0.717, 1.165) is 30.1 Å². The first-order valence-electron chi connectivity index (χ1n) is 9.62. The Balaban J connectivity index is 1.31. The first-order chi connectivity index (χ1) is 14.2. The summed E-state index contributed by atoms with van der Waals surface area (Å²) >= 11 is 0. The molecule has 0 unspecified atom stereocenters. The lowest BCUT2D eigenvalue weighted by molar-refractivity contribution is 0.208. The van der Waals surface area contributed by atoms with Gasteiger partial charge in [-0.25, -0.2) is 4.79 Å². The van der Waals surface area contributed by atoms with Crippen LogP contribution in [0.15, 0.2) is 54.6 Å². The summed E-state index contributed by atoms with van der Waals surface area (Å²) in [6, 6.07) is 17.8. The molecule has 1 saturated heterocycles. The Morgan fingerprint density at radius 1 is 1.07 bits per heavy atom. The topological polar surface area (TPSA) is 86.4 Å². The van der Waals surface area contributed by atoms with Crippen LogP contribution in [0.1, 0.15) is 11.4 Å². The first kappa shape index (κ1) is 18.8. The zero-order valence-electron chi connectivity index (χ0n) is 16.3. The second-order valence-corrected chi connectivity index (χ2v) is 6.84. The highest BCUT2D eigenvalue weighted by Crippen LogP contribution is 2.28. The number of rotatable bonds is 5. The summed E-state index contributed by atoms with van der Waals surface area (Å²) in [5, 5.41) is 9.78. The van der Waals surface area contributed by atoms with Gasteiger partial charge in [0.2, 0.25) is 5.95 Å². The molecule has 1 aromatic heterocycles. The SMILES string of the molecule is COc1ccccc1N1CCN(C(=O)Nc2n[nH]c(Cc3ccccc3)n2)CC1. The number of carbonyl (C=O) groups excluding carboxylic acids is 1. The highest BCUT2D eigenvalue weighted by molar-refractivity contribution is 5.87. The van der Waals surface area contributed by atoms with E-state index >= 15 is 0 Å². The number of hydrogen-bond donors (Lipinski definition) is 2. The largest absolute Gasteiger partial charge is 0.495 e. The van der Waals surface area contributed by atoms with E-state index in [4.69, 9.17) is 4.74 Å². The third-order valence-electron chi connectivity index (χ3n) is 4.96. The van der Waals surface area contributed by atoms with Crippen molar-refractivity contribution >= 4 is 17.7 Å². The number of aromatic amines is 1. The average molecular weight is 392 g/mol. The van der Waals surface area contributed by atoms with Crippen LogP contribution >= 0.6 is 0 Å². The van der Waals surface area contributed by atoms with Gasteiger partial charge in [-0.1, -0.05) is 42.5 Å². The summed E-state index contributed by atoms with van der Waals surface area (Å²) in [4.78, 5) is 21.0. The molecule has 3 aromatic rings. The smallest absolute Gasteiger partial charge is 0.324 e. The third kappa shape index (κ3) is 4.48. The predicted octanol–water partition coefficient (Wildman–Crippen LogP) is 2.76. The minimum Gasteiger partial charge on any atom is -0.495 e. The molecule has 4 rings (SSSR count). The van der Waals surface area contributed by atoms with Gasteiger partial charge in [-0.3, -0.25) is 10.4 Å². The first-order valence-corrected chi connectivity index (χ1v) is 9.62. The van der Waals surface area contributed by atoms with E-state index in [1.165, 1.54) is 0 Å². The van der Waals surface area contributed by atoms with Crippen LogP contribution in [-0.4, -0.2) is 59.4 Å². The minimum atomic E-state index is -0.185. The molecule has 0 saturated carbocycles. The second-order valence-electron chi connectivity index (χ2n) is 6.84. The summed E-state index contributed by atoms with van der Waals surface area (Å²) in [5.41, 5.74) is 2.18. The maximum Gasteiger partial charge on any atom is 0.324 e. The van der Waals surface area contributed by atoms with E-state index in [1.807, 2.05) is 54.6 Å². The van der Waals surface area contributed by atoms with Gasteiger partial charge in [0.05, 0.1) is 12.8 Å². The number of anilines is 2. The molecule has 0 atom stereocenters. The summed E-state index contributed by atoms with van der Waals surface area (Å²) in [7, 11) is 1.67. The van der Waals surface area contributed by atoms with Gasteiger partial charge >= 0.3 is 6.03 Å². The summed E-state index contributed by atoms with van der Waals surface area (Å²) < 4.78 is 5.44.